The maximum absolute atomic E-state index is 10.6. The number of hydrogen-bond donors (Lipinski definition) is 2. The molecule has 1 aromatic rings. The standard InChI is InChI=1S/C14H19NO3S/c1-3-14(4-2)9-15-11-7-10(19-8-13(16)17)5-6-12(11)18-14/h5-7,15H,3-4,8-9H2,1-2H3,(H,16,17). The lowest BCUT2D eigenvalue weighted by atomic mass is 9.95. The number of carboxylic acids is 1. The van der Waals surface area contributed by atoms with Crippen LogP contribution >= 0.6 is 11.8 Å². The highest BCUT2D eigenvalue weighted by Crippen LogP contribution is 2.38. The summed E-state index contributed by atoms with van der Waals surface area (Å²) >= 11 is 1.32. The number of fused-ring (bicyclic) bond motifs is 1. The zero-order chi connectivity index (χ0) is 13.9. The van der Waals surface area contributed by atoms with E-state index in [9.17, 15) is 4.79 Å². The predicted molar refractivity (Wildman–Crippen MR) is 77.2 cm³/mol. The van der Waals surface area contributed by atoms with Gasteiger partial charge in [0.25, 0.3) is 0 Å². The lowest BCUT2D eigenvalue weighted by Gasteiger charge is -2.38. The minimum absolute atomic E-state index is 0.0769. The largest absolute Gasteiger partial charge is 0.483 e. The topological polar surface area (TPSA) is 58.6 Å². The first-order chi connectivity index (χ1) is 9.08. The molecule has 2 N–H and O–H groups in total. The van der Waals surface area contributed by atoms with Gasteiger partial charge in [-0.05, 0) is 31.0 Å². The summed E-state index contributed by atoms with van der Waals surface area (Å²) < 4.78 is 6.11. The summed E-state index contributed by atoms with van der Waals surface area (Å²) in [6, 6.07) is 5.79. The van der Waals surface area contributed by atoms with Gasteiger partial charge in [-0.25, -0.2) is 0 Å². The van der Waals surface area contributed by atoms with Crippen molar-refractivity contribution in [1.29, 1.82) is 0 Å². The normalized spacial score (nSPS) is 16.1. The first-order valence-corrected chi connectivity index (χ1v) is 7.48. The van der Waals surface area contributed by atoms with E-state index in [4.69, 9.17) is 9.84 Å². The van der Waals surface area contributed by atoms with Crippen LogP contribution in [0.15, 0.2) is 23.1 Å². The molecule has 0 bridgehead atoms. The van der Waals surface area contributed by atoms with Crippen molar-refractivity contribution in [2.24, 2.45) is 0 Å². The van der Waals surface area contributed by atoms with Gasteiger partial charge in [-0.15, -0.1) is 11.8 Å². The lowest BCUT2D eigenvalue weighted by Crippen LogP contribution is -2.44. The summed E-state index contributed by atoms with van der Waals surface area (Å²) in [6.45, 7) is 5.06. The Morgan fingerprint density at radius 2 is 2.21 bits per heavy atom. The molecule has 19 heavy (non-hydrogen) atoms. The molecule has 0 spiro atoms. The molecule has 0 atom stereocenters. The van der Waals surface area contributed by atoms with E-state index in [1.807, 2.05) is 18.2 Å². The summed E-state index contributed by atoms with van der Waals surface area (Å²) in [5, 5.41) is 12.1. The maximum atomic E-state index is 10.6. The van der Waals surface area contributed by atoms with Crippen molar-refractivity contribution in [2.45, 2.75) is 37.2 Å². The lowest BCUT2D eigenvalue weighted by molar-refractivity contribution is -0.133. The molecule has 0 aromatic heterocycles. The van der Waals surface area contributed by atoms with Crippen LogP contribution in [0.1, 0.15) is 26.7 Å². The molecule has 1 aliphatic rings. The Kier molecular flexibility index (Phi) is 4.24. The van der Waals surface area contributed by atoms with Crippen LogP contribution in [-0.2, 0) is 4.79 Å². The van der Waals surface area contributed by atoms with Gasteiger partial charge >= 0.3 is 5.97 Å². The Morgan fingerprint density at radius 1 is 1.47 bits per heavy atom. The van der Waals surface area contributed by atoms with Crippen molar-refractivity contribution in [2.75, 3.05) is 17.6 Å². The number of carbonyl (C=O) groups is 1. The van der Waals surface area contributed by atoms with Gasteiger partial charge in [0.15, 0.2) is 0 Å². The highest BCUT2D eigenvalue weighted by Gasteiger charge is 2.32. The van der Waals surface area contributed by atoms with Gasteiger partial charge in [0.2, 0.25) is 0 Å². The summed E-state index contributed by atoms with van der Waals surface area (Å²) in [6.07, 6.45) is 1.93. The van der Waals surface area contributed by atoms with E-state index in [2.05, 4.69) is 19.2 Å². The van der Waals surface area contributed by atoms with Gasteiger partial charge in [-0.3, -0.25) is 4.79 Å². The molecule has 1 aromatic carbocycles. The van der Waals surface area contributed by atoms with E-state index in [-0.39, 0.29) is 11.4 Å². The Bertz CT molecular complexity index is 472. The second-order valence-corrected chi connectivity index (χ2v) is 5.73. The third kappa shape index (κ3) is 3.15. The number of benzene rings is 1. The van der Waals surface area contributed by atoms with E-state index < -0.39 is 5.97 Å². The van der Waals surface area contributed by atoms with Crippen LogP contribution in [0, 0.1) is 0 Å². The predicted octanol–water partition coefficient (Wildman–Crippen LogP) is 3.23. The average Bonchev–Trinajstić information content (AvgIpc) is 2.44. The molecule has 0 amide bonds. The summed E-state index contributed by atoms with van der Waals surface area (Å²) in [5.74, 6) is 0.130. The number of thioether (sulfide) groups is 1. The van der Waals surface area contributed by atoms with Crippen molar-refractivity contribution in [1.82, 2.24) is 0 Å². The van der Waals surface area contributed by atoms with Crippen LogP contribution in [0.3, 0.4) is 0 Å². The summed E-state index contributed by atoms with van der Waals surface area (Å²) in [5.41, 5.74) is 0.829. The van der Waals surface area contributed by atoms with E-state index in [1.54, 1.807) is 0 Å². The van der Waals surface area contributed by atoms with Gasteiger partial charge < -0.3 is 15.2 Å². The quantitative estimate of drug-likeness (QED) is 0.811. The molecule has 0 saturated carbocycles. The van der Waals surface area contributed by atoms with Gasteiger partial charge in [-0.2, -0.15) is 0 Å². The minimum Gasteiger partial charge on any atom is -0.483 e. The van der Waals surface area contributed by atoms with Crippen molar-refractivity contribution >= 4 is 23.4 Å². The van der Waals surface area contributed by atoms with E-state index in [0.717, 1.165) is 35.7 Å². The smallest absolute Gasteiger partial charge is 0.313 e. The molecule has 0 saturated heterocycles. The van der Waals surface area contributed by atoms with Crippen LogP contribution in [0.5, 0.6) is 5.75 Å². The SMILES string of the molecule is CCC1(CC)CNc2cc(SCC(=O)O)ccc2O1. The summed E-state index contributed by atoms with van der Waals surface area (Å²) in [4.78, 5) is 11.5. The Balaban J connectivity index is 2.13. The molecule has 1 aliphatic heterocycles. The van der Waals surface area contributed by atoms with Crippen LogP contribution < -0.4 is 10.1 Å². The van der Waals surface area contributed by atoms with Crippen LogP contribution in [0.2, 0.25) is 0 Å². The fourth-order valence-corrected chi connectivity index (χ4v) is 2.80. The third-order valence-corrected chi connectivity index (χ3v) is 4.51. The highest BCUT2D eigenvalue weighted by atomic mass is 32.2. The molecule has 2 rings (SSSR count). The minimum atomic E-state index is -0.803. The molecule has 0 radical (unpaired) electrons. The molecule has 5 heteroatoms. The monoisotopic (exact) mass is 281 g/mol. The molecule has 0 aliphatic carbocycles. The second kappa shape index (κ2) is 5.74. The molecular formula is C14H19NO3S. The maximum Gasteiger partial charge on any atom is 0.313 e. The van der Waals surface area contributed by atoms with Crippen LogP contribution in [-0.4, -0.2) is 29.0 Å². The molecule has 4 nitrogen and oxygen atoms in total. The second-order valence-electron chi connectivity index (χ2n) is 4.69. The van der Waals surface area contributed by atoms with E-state index in [0.29, 0.717) is 0 Å². The molecular weight excluding hydrogens is 262 g/mol. The Labute approximate surface area is 117 Å². The molecule has 104 valence electrons. The van der Waals surface area contributed by atoms with Gasteiger partial charge in [-0.1, -0.05) is 13.8 Å². The summed E-state index contributed by atoms with van der Waals surface area (Å²) in [7, 11) is 0. The van der Waals surface area contributed by atoms with Crippen molar-refractivity contribution < 1.29 is 14.6 Å². The Hall–Kier alpha value is -1.36. The first-order valence-electron chi connectivity index (χ1n) is 6.50. The number of nitrogens with one attached hydrogen (secondary N) is 1. The number of carboxylic acid groups (broad SMARTS) is 1. The van der Waals surface area contributed by atoms with Gasteiger partial charge in [0.1, 0.15) is 11.4 Å². The van der Waals surface area contributed by atoms with Gasteiger partial charge in [0, 0.05) is 4.90 Å². The van der Waals surface area contributed by atoms with Crippen molar-refractivity contribution in [3.05, 3.63) is 18.2 Å². The molecule has 0 unspecified atom stereocenters. The number of aliphatic carboxylic acids is 1. The molecule has 1 heterocycles. The Morgan fingerprint density at radius 3 is 2.84 bits per heavy atom. The van der Waals surface area contributed by atoms with Crippen molar-refractivity contribution in [3.63, 3.8) is 0 Å². The zero-order valence-electron chi connectivity index (χ0n) is 11.2. The molecule has 0 fully saturated rings. The van der Waals surface area contributed by atoms with Gasteiger partial charge in [0.05, 0.1) is 18.0 Å². The van der Waals surface area contributed by atoms with Crippen molar-refractivity contribution in [3.8, 4) is 5.75 Å². The fourth-order valence-electron chi connectivity index (χ4n) is 2.14. The van der Waals surface area contributed by atoms with Crippen LogP contribution in [0.4, 0.5) is 5.69 Å². The number of hydrogen-bond acceptors (Lipinski definition) is 4. The van der Waals surface area contributed by atoms with Crippen LogP contribution in [0.25, 0.3) is 0 Å². The first kappa shape index (κ1) is 14.1. The highest BCUT2D eigenvalue weighted by molar-refractivity contribution is 8.00. The van der Waals surface area contributed by atoms with E-state index in [1.165, 1.54) is 11.8 Å². The zero-order valence-corrected chi connectivity index (χ0v) is 12.0. The number of ether oxygens (including phenoxy) is 1. The van der Waals surface area contributed by atoms with E-state index >= 15 is 0 Å². The number of rotatable bonds is 5. The fraction of sp³-hybridized carbons (Fsp3) is 0.500. The third-order valence-electron chi connectivity index (χ3n) is 3.53. The average molecular weight is 281 g/mol. The number of anilines is 1.